The summed E-state index contributed by atoms with van der Waals surface area (Å²) in [4.78, 5) is 25.0. The number of carbonyl (C=O) groups is 2. The molecule has 0 atom stereocenters. The van der Waals surface area contributed by atoms with E-state index in [4.69, 9.17) is 10.00 Å². The second-order valence-electron chi connectivity index (χ2n) is 5.84. The standard InChI is InChI=1S/C17H21N3O5S/c1-14(21)19-8-10-20(11-9-19)26(23,24)16-6-4-5-15(13-16)17(22)25-12-3-2-7-18/h4-6,13H,2-3,8-12H2,1H3. The number of sulfonamides is 1. The maximum absolute atomic E-state index is 12.8. The number of rotatable bonds is 6. The van der Waals surface area contributed by atoms with Crippen molar-refractivity contribution in [2.24, 2.45) is 0 Å². The van der Waals surface area contributed by atoms with E-state index >= 15 is 0 Å². The van der Waals surface area contributed by atoms with Gasteiger partial charge in [-0.1, -0.05) is 6.07 Å². The van der Waals surface area contributed by atoms with Gasteiger partial charge in [0.05, 0.1) is 23.1 Å². The maximum Gasteiger partial charge on any atom is 0.338 e. The second-order valence-corrected chi connectivity index (χ2v) is 7.77. The zero-order valence-corrected chi connectivity index (χ0v) is 15.4. The highest BCUT2D eigenvalue weighted by atomic mass is 32.2. The van der Waals surface area contributed by atoms with Crippen LogP contribution in [0.1, 0.15) is 30.1 Å². The summed E-state index contributed by atoms with van der Waals surface area (Å²) in [6, 6.07) is 7.65. The van der Waals surface area contributed by atoms with Gasteiger partial charge in [-0.25, -0.2) is 13.2 Å². The van der Waals surface area contributed by atoms with Crippen LogP contribution in [0.25, 0.3) is 0 Å². The van der Waals surface area contributed by atoms with E-state index in [0.29, 0.717) is 19.5 Å². The van der Waals surface area contributed by atoms with Gasteiger partial charge >= 0.3 is 5.97 Å². The highest BCUT2D eigenvalue weighted by Gasteiger charge is 2.29. The Bertz CT molecular complexity index is 808. The molecule has 1 heterocycles. The predicted octanol–water partition coefficient (Wildman–Crippen LogP) is 1.000. The second kappa shape index (κ2) is 8.78. The van der Waals surface area contributed by atoms with E-state index in [0.717, 1.165) is 0 Å². The van der Waals surface area contributed by atoms with Crippen molar-refractivity contribution in [3.63, 3.8) is 0 Å². The van der Waals surface area contributed by atoms with Crippen LogP contribution in [0.5, 0.6) is 0 Å². The Hall–Kier alpha value is -2.44. The Morgan fingerprint density at radius 1 is 1.23 bits per heavy atom. The Morgan fingerprint density at radius 2 is 1.92 bits per heavy atom. The molecule has 0 aliphatic carbocycles. The molecule has 1 fully saturated rings. The van der Waals surface area contributed by atoms with Crippen molar-refractivity contribution in [3.05, 3.63) is 29.8 Å². The number of unbranched alkanes of at least 4 members (excludes halogenated alkanes) is 1. The molecular weight excluding hydrogens is 358 g/mol. The van der Waals surface area contributed by atoms with Gasteiger partial charge in [0.1, 0.15) is 0 Å². The van der Waals surface area contributed by atoms with E-state index in [1.807, 2.05) is 6.07 Å². The van der Waals surface area contributed by atoms with Crippen LogP contribution in [-0.4, -0.2) is 62.3 Å². The molecule has 1 amide bonds. The van der Waals surface area contributed by atoms with E-state index in [9.17, 15) is 18.0 Å². The van der Waals surface area contributed by atoms with Crippen molar-refractivity contribution >= 4 is 21.9 Å². The van der Waals surface area contributed by atoms with Gasteiger partial charge in [-0.15, -0.1) is 0 Å². The van der Waals surface area contributed by atoms with Crippen molar-refractivity contribution < 1.29 is 22.7 Å². The van der Waals surface area contributed by atoms with E-state index in [1.165, 1.54) is 35.5 Å². The van der Waals surface area contributed by atoms with Crippen LogP contribution in [0, 0.1) is 11.3 Å². The van der Waals surface area contributed by atoms with Crippen molar-refractivity contribution in [3.8, 4) is 6.07 Å². The Kier molecular flexibility index (Phi) is 6.71. The van der Waals surface area contributed by atoms with Gasteiger partial charge < -0.3 is 9.64 Å². The summed E-state index contributed by atoms with van der Waals surface area (Å²) in [7, 11) is -3.75. The summed E-state index contributed by atoms with van der Waals surface area (Å²) in [5.74, 6) is -0.704. The molecule has 1 aliphatic rings. The van der Waals surface area contributed by atoms with Gasteiger partial charge in [0.15, 0.2) is 0 Å². The van der Waals surface area contributed by atoms with Gasteiger partial charge in [0.25, 0.3) is 0 Å². The van der Waals surface area contributed by atoms with Crippen LogP contribution < -0.4 is 0 Å². The topological polar surface area (TPSA) is 108 Å². The van der Waals surface area contributed by atoms with Crippen LogP contribution in [0.15, 0.2) is 29.2 Å². The first-order valence-corrected chi connectivity index (χ1v) is 9.70. The zero-order valence-electron chi connectivity index (χ0n) is 14.6. The minimum absolute atomic E-state index is 0.0141. The normalized spacial score (nSPS) is 15.3. The van der Waals surface area contributed by atoms with Crippen molar-refractivity contribution in [2.45, 2.75) is 24.7 Å². The molecule has 1 aromatic carbocycles. The molecule has 1 aliphatic heterocycles. The molecule has 0 unspecified atom stereocenters. The number of nitriles is 1. The zero-order chi connectivity index (χ0) is 19.2. The lowest BCUT2D eigenvalue weighted by Crippen LogP contribution is -2.49. The number of ether oxygens (including phenoxy) is 1. The third kappa shape index (κ3) is 4.80. The molecule has 1 saturated heterocycles. The van der Waals surface area contributed by atoms with Gasteiger partial charge in [0.2, 0.25) is 15.9 Å². The van der Waals surface area contributed by atoms with E-state index < -0.39 is 16.0 Å². The lowest BCUT2D eigenvalue weighted by atomic mass is 10.2. The summed E-state index contributed by atoms with van der Waals surface area (Å²) in [6.45, 7) is 2.67. The molecular formula is C17H21N3O5S. The number of hydrogen-bond donors (Lipinski definition) is 0. The predicted molar refractivity (Wildman–Crippen MR) is 92.6 cm³/mol. The molecule has 26 heavy (non-hydrogen) atoms. The van der Waals surface area contributed by atoms with E-state index in [-0.39, 0.29) is 42.5 Å². The molecule has 140 valence electrons. The van der Waals surface area contributed by atoms with Gasteiger partial charge in [-0.3, -0.25) is 4.79 Å². The molecule has 1 aromatic rings. The molecule has 0 spiro atoms. The van der Waals surface area contributed by atoms with Gasteiger partial charge in [-0.2, -0.15) is 9.57 Å². The van der Waals surface area contributed by atoms with Crippen LogP contribution in [0.2, 0.25) is 0 Å². The highest BCUT2D eigenvalue weighted by molar-refractivity contribution is 7.89. The van der Waals surface area contributed by atoms with Gasteiger partial charge in [0, 0.05) is 39.5 Å². The first kappa shape index (κ1) is 19.9. The van der Waals surface area contributed by atoms with E-state index in [1.54, 1.807) is 4.90 Å². The minimum Gasteiger partial charge on any atom is -0.462 e. The first-order valence-electron chi connectivity index (χ1n) is 8.26. The third-order valence-corrected chi connectivity index (χ3v) is 5.95. The van der Waals surface area contributed by atoms with Crippen LogP contribution in [0.3, 0.4) is 0 Å². The molecule has 2 rings (SSSR count). The van der Waals surface area contributed by atoms with Crippen LogP contribution in [0.4, 0.5) is 0 Å². The molecule has 0 bridgehead atoms. The quantitative estimate of drug-likeness (QED) is 0.539. The molecule has 0 N–H and O–H groups in total. The number of amides is 1. The molecule has 0 saturated carbocycles. The number of carbonyl (C=O) groups excluding carboxylic acids is 2. The third-order valence-electron chi connectivity index (χ3n) is 4.06. The fraction of sp³-hybridized carbons (Fsp3) is 0.471. The number of esters is 1. The summed E-state index contributed by atoms with van der Waals surface area (Å²) in [6.07, 6.45) is 0.717. The van der Waals surface area contributed by atoms with Crippen molar-refractivity contribution in [1.82, 2.24) is 9.21 Å². The Morgan fingerprint density at radius 3 is 2.54 bits per heavy atom. The SMILES string of the molecule is CC(=O)N1CCN(S(=O)(=O)c2cccc(C(=O)OCCCC#N)c2)CC1. The highest BCUT2D eigenvalue weighted by Crippen LogP contribution is 2.19. The van der Waals surface area contributed by atoms with Crippen LogP contribution >= 0.6 is 0 Å². The Labute approximate surface area is 153 Å². The summed E-state index contributed by atoms with van der Waals surface area (Å²) in [5, 5.41) is 8.46. The average Bonchev–Trinajstić information content (AvgIpc) is 2.65. The molecule has 0 radical (unpaired) electrons. The minimum atomic E-state index is -3.75. The van der Waals surface area contributed by atoms with Crippen molar-refractivity contribution in [2.75, 3.05) is 32.8 Å². The summed E-state index contributed by atoms with van der Waals surface area (Å²) < 4.78 is 31.9. The average molecular weight is 379 g/mol. The maximum atomic E-state index is 12.8. The van der Waals surface area contributed by atoms with E-state index in [2.05, 4.69) is 0 Å². The smallest absolute Gasteiger partial charge is 0.338 e. The fourth-order valence-corrected chi connectivity index (χ4v) is 4.04. The fourth-order valence-electron chi connectivity index (χ4n) is 2.58. The Balaban J connectivity index is 2.07. The summed E-state index contributed by atoms with van der Waals surface area (Å²) >= 11 is 0. The first-order chi connectivity index (χ1) is 12.4. The number of benzene rings is 1. The number of hydrogen-bond acceptors (Lipinski definition) is 6. The van der Waals surface area contributed by atoms with Crippen LogP contribution in [-0.2, 0) is 19.6 Å². The number of nitrogens with zero attached hydrogens (tertiary/aromatic N) is 3. The monoisotopic (exact) mass is 379 g/mol. The molecule has 8 nitrogen and oxygen atoms in total. The summed E-state index contributed by atoms with van der Waals surface area (Å²) in [5.41, 5.74) is 0.144. The van der Waals surface area contributed by atoms with Gasteiger partial charge in [-0.05, 0) is 24.6 Å². The lowest BCUT2D eigenvalue weighted by Gasteiger charge is -2.33. The largest absolute Gasteiger partial charge is 0.462 e. The van der Waals surface area contributed by atoms with Crippen molar-refractivity contribution in [1.29, 1.82) is 5.26 Å². The lowest BCUT2D eigenvalue weighted by molar-refractivity contribution is -0.129. The molecule has 9 heteroatoms. The number of piperazine rings is 1. The molecule has 0 aromatic heterocycles.